The number of nitrogens with zero attached hydrogens (tertiary/aromatic N) is 2. The molecule has 2 heterocycles. The third-order valence-corrected chi connectivity index (χ3v) is 1.45. The standard InChI is InChI=1S/C11H17N3/c1-9-4-2-3-7-14(9)10-5-6-11(12)13-8-10/h5-6,8-9H,2-4,7H2,1H3,(H2,12,13)/i1D3,2D2,3D2,4D2,5D,6D,7D2,8D,9D. The van der Waals surface area contributed by atoms with E-state index in [1.54, 1.807) is 0 Å². The zero-order valence-electron chi connectivity index (χ0n) is 22.0. The molecule has 0 radical (unpaired) electrons. The molecule has 2 rings (SSSR count). The van der Waals surface area contributed by atoms with Crippen molar-refractivity contribution in [2.24, 2.45) is 0 Å². The molecule has 1 aromatic heterocycles. The Morgan fingerprint density at radius 3 is 3.57 bits per heavy atom. The minimum Gasteiger partial charge on any atom is -0.384 e. The van der Waals surface area contributed by atoms with E-state index in [1.807, 2.05) is 0 Å². The zero-order chi connectivity index (χ0) is 23.2. The summed E-state index contributed by atoms with van der Waals surface area (Å²) >= 11 is 0. The third-order valence-electron chi connectivity index (χ3n) is 1.45. The van der Waals surface area contributed by atoms with Gasteiger partial charge in [-0.2, -0.15) is 0 Å². The van der Waals surface area contributed by atoms with Crippen molar-refractivity contribution in [3.63, 3.8) is 0 Å². The molecule has 1 aliphatic heterocycles. The molecule has 0 amide bonds. The highest BCUT2D eigenvalue weighted by Gasteiger charge is 2.18. The SMILES string of the molecule is [2H]c1nc(N)c([2H])c([2H])c1N1C([2H])([2H])C([2H])([2H])C([2H])([2H])C([2H])([2H])C1([2H])C([2H])([2H])[2H]. The van der Waals surface area contributed by atoms with Crippen LogP contribution in [0.15, 0.2) is 18.3 Å². The summed E-state index contributed by atoms with van der Waals surface area (Å²) in [5.74, 6) is -0.646. The number of nitrogens with two attached hydrogens (primary N) is 1. The van der Waals surface area contributed by atoms with Crippen LogP contribution < -0.4 is 10.6 Å². The summed E-state index contributed by atoms with van der Waals surface area (Å²) in [6.45, 7) is -7.55. The fourth-order valence-electron chi connectivity index (χ4n) is 0.852. The number of aromatic nitrogens is 1. The Hall–Kier alpha value is -1.25. The van der Waals surface area contributed by atoms with Crippen molar-refractivity contribution in [1.29, 1.82) is 0 Å². The Balaban J connectivity index is 3.12. The van der Waals surface area contributed by atoms with Crippen LogP contribution in [0.3, 0.4) is 0 Å². The molecule has 1 atom stereocenters. The lowest BCUT2D eigenvalue weighted by Crippen LogP contribution is -2.37. The number of hydrogen-bond acceptors (Lipinski definition) is 3. The van der Waals surface area contributed by atoms with Gasteiger partial charge in [0.15, 0.2) is 0 Å². The predicted molar refractivity (Wildman–Crippen MR) is 59.3 cm³/mol. The second-order valence-corrected chi connectivity index (χ2v) is 2.38. The largest absolute Gasteiger partial charge is 0.384 e. The first-order valence-corrected chi connectivity index (χ1v) is 3.66. The van der Waals surface area contributed by atoms with Gasteiger partial charge in [-0.1, -0.05) is 0 Å². The second-order valence-electron chi connectivity index (χ2n) is 2.38. The molecule has 1 aliphatic rings. The summed E-state index contributed by atoms with van der Waals surface area (Å²) in [5, 5.41) is 0. The quantitative estimate of drug-likeness (QED) is 0.764. The fourth-order valence-corrected chi connectivity index (χ4v) is 0.852. The molecule has 2 N–H and O–H groups in total. The Kier molecular flexibility index (Phi) is 0.588. The maximum Gasteiger partial charge on any atom is 0.123 e. The third kappa shape index (κ3) is 1.81. The molecule has 0 aromatic carbocycles. The Labute approximate surface area is 106 Å². The van der Waals surface area contributed by atoms with Crippen molar-refractivity contribution in [2.45, 2.75) is 32.0 Å². The summed E-state index contributed by atoms with van der Waals surface area (Å²) in [5.41, 5.74) is 4.21. The summed E-state index contributed by atoms with van der Waals surface area (Å²) in [4.78, 5) is 3.08. The fraction of sp³-hybridized carbons (Fsp3) is 0.545. The molecule has 76 valence electrons. The molecule has 3 nitrogen and oxygen atoms in total. The summed E-state index contributed by atoms with van der Waals surface area (Å²) in [6, 6.07) is -5.82. The van der Waals surface area contributed by atoms with E-state index >= 15 is 0 Å². The molecule has 14 heavy (non-hydrogen) atoms. The van der Waals surface area contributed by atoms with E-state index in [4.69, 9.17) is 26.3 Å². The number of anilines is 2. The van der Waals surface area contributed by atoms with E-state index in [1.165, 1.54) is 0 Å². The number of rotatable bonds is 1. The molecule has 3 heteroatoms. The van der Waals surface area contributed by atoms with Gasteiger partial charge >= 0.3 is 0 Å². The van der Waals surface area contributed by atoms with Gasteiger partial charge in [0.1, 0.15) is 5.82 Å². The highest BCUT2D eigenvalue weighted by molar-refractivity contribution is 5.49. The van der Waals surface area contributed by atoms with Gasteiger partial charge in [0.05, 0.1) is 17.3 Å². The first kappa shape index (κ1) is 2.13. The van der Waals surface area contributed by atoms with E-state index in [0.29, 0.717) is 0 Å². The first-order valence-electron chi connectivity index (χ1n) is 11.2. The van der Waals surface area contributed by atoms with Gasteiger partial charge < -0.3 is 10.6 Å². The van der Waals surface area contributed by atoms with Crippen LogP contribution in [-0.4, -0.2) is 17.5 Å². The lowest BCUT2D eigenvalue weighted by molar-refractivity contribution is 0.484. The smallest absolute Gasteiger partial charge is 0.123 e. The van der Waals surface area contributed by atoms with Crippen molar-refractivity contribution >= 4 is 11.5 Å². The number of pyridine rings is 1. The lowest BCUT2D eigenvalue weighted by Gasteiger charge is -2.35. The van der Waals surface area contributed by atoms with Gasteiger partial charge in [-0.05, 0) is 38.1 Å². The number of piperidine rings is 1. The summed E-state index contributed by atoms with van der Waals surface area (Å²) in [6.07, 6.45) is -12.6. The van der Waals surface area contributed by atoms with E-state index in [-0.39, 0.29) is 4.90 Å². The molecular weight excluding hydrogens is 174 g/mol. The minimum absolute atomic E-state index is 0.302. The van der Waals surface area contributed by atoms with Crippen LogP contribution in [0.25, 0.3) is 0 Å². The number of hydrogen-bond donors (Lipinski definition) is 1. The Morgan fingerprint density at radius 1 is 1.79 bits per heavy atom. The van der Waals surface area contributed by atoms with E-state index < -0.39 is 68.2 Å². The number of nitrogen functional groups attached to an aromatic ring is 1. The average Bonchev–Trinajstić information content (AvgIpc) is 2.53. The Bertz CT molecular complexity index is 847. The van der Waals surface area contributed by atoms with Crippen molar-refractivity contribution in [2.75, 3.05) is 17.1 Å². The molecule has 0 saturated carbocycles. The van der Waals surface area contributed by atoms with Gasteiger partial charge in [0.2, 0.25) is 0 Å². The molecule has 1 saturated heterocycles. The highest BCUT2D eigenvalue weighted by Crippen LogP contribution is 2.23. The van der Waals surface area contributed by atoms with Crippen LogP contribution >= 0.6 is 0 Å². The van der Waals surface area contributed by atoms with Crippen LogP contribution in [0.1, 0.15) is 46.5 Å². The van der Waals surface area contributed by atoms with E-state index in [0.717, 1.165) is 0 Å². The van der Waals surface area contributed by atoms with Crippen molar-refractivity contribution in [3.8, 4) is 0 Å². The predicted octanol–water partition coefficient (Wildman–Crippen LogP) is 2.04. The first-order chi connectivity index (χ1) is 12.6. The van der Waals surface area contributed by atoms with E-state index in [9.17, 15) is 0 Å². The molecular formula is C11H17N3. The van der Waals surface area contributed by atoms with Crippen LogP contribution in [0.2, 0.25) is 0 Å². The maximum absolute atomic E-state index is 8.43. The second kappa shape index (κ2) is 3.86. The van der Waals surface area contributed by atoms with Gasteiger partial charge in [-0.15, -0.1) is 0 Å². The van der Waals surface area contributed by atoms with Gasteiger partial charge in [-0.3, -0.25) is 0 Å². The van der Waals surface area contributed by atoms with E-state index in [2.05, 4.69) is 4.98 Å². The van der Waals surface area contributed by atoms with Gasteiger partial charge in [-0.25, -0.2) is 4.98 Å². The average molecular weight is 206 g/mol. The normalized spacial score (nSPS) is 58.6. The molecule has 0 bridgehead atoms. The van der Waals surface area contributed by atoms with Crippen LogP contribution in [-0.2, 0) is 0 Å². The summed E-state index contributed by atoms with van der Waals surface area (Å²) in [7, 11) is 0. The van der Waals surface area contributed by atoms with Gasteiger partial charge in [0, 0.05) is 27.6 Å². The topological polar surface area (TPSA) is 42.1 Å². The monoisotopic (exact) mass is 206 g/mol. The maximum atomic E-state index is 8.43. The van der Waals surface area contributed by atoms with Crippen molar-refractivity contribution in [3.05, 3.63) is 18.3 Å². The molecule has 0 aliphatic carbocycles. The van der Waals surface area contributed by atoms with Gasteiger partial charge in [0.25, 0.3) is 0 Å². The lowest BCUT2D eigenvalue weighted by atomic mass is 10.0. The van der Waals surface area contributed by atoms with Crippen molar-refractivity contribution in [1.82, 2.24) is 4.98 Å². The highest BCUT2D eigenvalue weighted by atomic mass is 15.2. The van der Waals surface area contributed by atoms with Crippen LogP contribution in [0.4, 0.5) is 11.5 Å². The summed E-state index contributed by atoms with van der Waals surface area (Å²) < 4.78 is 119. The van der Waals surface area contributed by atoms with Crippen LogP contribution in [0, 0.1) is 0 Å². The Morgan fingerprint density at radius 2 is 2.71 bits per heavy atom. The van der Waals surface area contributed by atoms with Crippen molar-refractivity contribution < 1.29 is 20.6 Å². The zero-order valence-corrected chi connectivity index (χ0v) is 6.97. The molecule has 1 unspecified atom stereocenters. The molecule has 0 spiro atoms. The van der Waals surface area contributed by atoms with Crippen LogP contribution in [0.5, 0.6) is 0 Å². The molecule has 1 fully saturated rings. The molecule has 1 aromatic rings. The minimum atomic E-state index is -3.89.